The van der Waals surface area contributed by atoms with E-state index in [1.165, 1.54) is 12.5 Å². The third-order valence-electron chi connectivity index (χ3n) is 3.96. The van der Waals surface area contributed by atoms with Crippen LogP contribution in [0.1, 0.15) is 31.7 Å². The molecule has 0 bridgehead atoms. The van der Waals surface area contributed by atoms with Gasteiger partial charge in [0, 0.05) is 5.02 Å². The number of halogens is 2. The molecule has 1 aromatic rings. The lowest BCUT2D eigenvalue weighted by molar-refractivity contribution is 0.292. The molecule has 2 atom stereocenters. The van der Waals surface area contributed by atoms with Gasteiger partial charge in [-0.3, -0.25) is 0 Å². The van der Waals surface area contributed by atoms with Gasteiger partial charge in [-0.25, -0.2) is 4.39 Å². The maximum atomic E-state index is 13.7. The van der Waals surface area contributed by atoms with E-state index in [2.05, 4.69) is 6.92 Å². The van der Waals surface area contributed by atoms with E-state index in [1.54, 1.807) is 12.1 Å². The van der Waals surface area contributed by atoms with Gasteiger partial charge in [0.15, 0.2) is 0 Å². The Labute approximate surface area is 107 Å². The van der Waals surface area contributed by atoms with Gasteiger partial charge in [-0.05, 0) is 60.9 Å². The number of hydrogen-bond acceptors (Lipinski definition) is 1. The maximum Gasteiger partial charge on any atom is 0.126 e. The molecule has 0 aromatic heterocycles. The SMILES string of the molecule is CC1CCC(CN)(Cc2cc(Cl)ccc2F)C1. The Hall–Kier alpha value is -0.600. The first-order valence-electron chi connectivity index (χ1n) is 6.19. The smallest absolute Gasteiger partial charge is 0.126 e. The van der Waals surface area contributed by atoms with Gasteiger partial charge >= 0.3 is 0 Å². The molecule has 0 amide bonds. The monoisotopic (exact) mass is 255 g/mol. The molecule has 0 heterocycles. The molecule has 1 aliphatic rings. The van der Waals surface area contributed by atoms with Gasteiger partial charge in [-0.2, -0.15) is 0 Å². The van der Waals surface area contributed by atoms with Crippen LogP contribution in [-0.4, -0.2) is 6.54 Å². The molecule has 2 unspecified atom stereocenters. The maximum absolute atomic E-state index is 13.7. The third-order valence-corrected chi connectivity index (χ3v) is 4.19. The number of nitrogens with two attached hydrogens (primary N) is 1. The van der Waals surface area contributed by atoms with Gasteiger partial charge in [-0.1, -0.05) is 24.9 Å². The van der Waals surface area contributed by atoms with Gasteiger partial charge in [0.2, 0.25) is 0 Å². The van der Waals surface area contributed by atoms with Gasteiger partial charge in [0.1, 0.15) is 5.82 Å². The van der Waals surface area contributed by atoms with Gasteiger partial charge in [0.25, 0.3) is 0 Å². The Morgan fingerprint density at radius 2 is 2.29 bits per heavy atom. The highest BCUT2D eigenvalue weighted by Crippen LogP contribution is 2.43. The van der Waals surface area contributed by atoms with Crippen LogP contribution in [0.25, 0.3) is 0 Å². The zero-order valence-corrected chi connectivity index (χ0v) is 10.9. The first-order chi connectivity index (χ1) is 8.04. The minimum Gasteiger partial charge on any atom is -0.330 e. The molecule has 17 heavy (non-hydrogen) atoms. The van der Waals surface area contributed by atoms with Crippen molar-refractivity contribution in [3.8, 4) is 0 Å². The molecular weight excluding hydrogens is 237 g/mol. The number of hydrogen-bond donors (Lipinski definition) is 1. The highest BCUT2D eigenvalue weighted by atomic mass is 35.5. The Balaban J connectivity index is 2.21. The first-order valence-corrected chi connectivity index (χ1v) is 6.56. The Kier molecular flexibility index (Phi) is 3.74. The van der Waals surface area contributed by atoms with Crippen LogP contribution in [0.2, 0.25) is 5.02 Å². The zero-order chi connectivity index (χ0) is 12.5. The number of benzene rings is 1. The van der Waals surface area contributed by atoms with Crippen LogP contribution >= 0.6 is 11.6 Å². The molecule has 94 valence electrons. The second-order valence-electron chi connectivity index (χ2n) is 5.46. The predicted octanol–water partition coefficient (Wildman–Crippen LogP) is 3.79. The largest absolute Gasteiger partial charge is 0.330 e. The van der Waals surface area contributed by atoms with Crippen LogP contribution in [0.3, 0.4) is 0 Å². The minimum atomic E-state index is -0.165. The quantitative estimate of drug-likeness (QED) is 0.874. The molecule has 0 spiro atoms. The van der Waals surface area contributed by atoms with E-state index < -0.39 is 0 Å². The standard InChI is InChI=1S/C14H19ClFN/c1-10-4-5-14(7-10,9-17)8-11-6-12(15)2-3-13(11)16/h2-3,6,10H,4-5,7-9,17H2,1H3. The van der Waals surface area contributed by atoms with Crippen LogP contribution in [0.15, 0.2) is 18.2 Å². The summed E-state index contributed by atoms with van der Waals surface area (Å²) in [6, 6.07) is 4.77. The summed E-state index contributed by atoms with van der Waals surface area (Å²) >= 11 is 5.92. The van der Waals surface area contributed by atoms with E-state index in [0.29, 0.717) is 29.5 Å². The summed E-state index contributed by atoms with van der Waals surface area (Å²) in [7, 11) is 0. The van der Waals surface area contributed by atoms with Crippen LogP contribution in [0.5, 0.6) is 0 Å². The van der Waals surface area contributed by atoms with Crippen molar-refractivity contribution < 1.29 is 4.39 Å². The van der Waals surface area contributed by atoms with Crippen molar-refractivity contribution >= 4 is 11.6 Å². The topological polar surface area (TPSA) is 26.0 Å². The second kappa shape index (κ2) is 4.95. The highest BCUT2D eigenvalue weighted by Gasteiger charge is 2.36. The summed E-state index contributed by atoms with van der Waals surface area (Å²) in [4.78, 5) is 0. The molecular formula is C14H19ClFN. The Morgan fingerprint density at radius 1 is 1.53 bits per heavy atom. The third kappa shape index (κ3) is 2.80. The molecule has 2 N–H and O–H groups in total. The summed E-state index contributed by atoms with van der Waals surface area (Å²) in [6.45, 7) is 2.87. The van der Waals surface area contributed by atoms with E-state index in [-0.39, 0.29) is 11.2 Å². The fourth-order valence-corrected chi connectivity index (χ4v) is 3.19. The van der Waals surface area contributed by atoms with Gasteiger partial charge in [-0.15, -0.1) is 0 Å². The van der Waals surface area contributed by atoms with E-state index in [0.717, 1.165) is 12.8 Å². The van der Waals surface area contributed by atoms with Crippen molar-refractivity contribution in [1.82, 2.24) is 0 Å². The average molecular weight is 256 g/mol. The Bertz CT molecular complexity index is 407. The minimum absolute atomic E-state index is 0.0743. The molecule has 1 aromatic carbocycles. The van der Waals surface area contributed by atoms with Crippen molar-refractivity contribution in [2.75, 3.05) is 6.54 Å². The Morgan fingerprint density at radius 3 is 2.88 bits per heavy atom. The molecule has 1 aliphatic carbocycles. The van der Waals surface area contributed by atoms with Crippen molar-refractivity contribution in [1.29, 1.82) is 0 Å². The van der Waals surface area contributed by atoms with Crippen LogP contribution in [0, 0.1) is 17.2 Å². The van der Waals surface area contributed by atoms with Crippen molar-refractivity contribution in [2.24, 2.45) is 17.1 Å². The van der Waals surface area contributed by atoms with Gasteiger partial charge < -0.3 is 5.73 Å². The molecule has 1 saturated carbocycles. The summed E-state index contributed by atoms with van der Waals surface area (Å²) in [5.74, 6) is 0.530. The lowest BCUT2D eigenvalue weighted by atomic mass is 9.79. The fraction of sp³-hybridized carbons (Fsp3) is 0.571. The molecule has 0 aliphatic heterocycles. The van der Waals surface area contributed by atoms with E-state index in [1.807, 2.05) is 0 Å². The van der Waals surface area contributed by atoms with Crippen molar-refractivity contribution in [2.45, 2.75) is 32.6 Å². The summed E-state index contributed by atoms with van der Waals surface area (Å²) in [6.07, 6.45) is 4.09. The van der Waals surface area contributed by atoms with Crippen LogP contribution in [-0.2, 0) is 6.42 Å². The predicted molar refractivity (Wildman–Crippen MR) is 69.6 cm³/mol. The molecule has 0 radical (unpaired) electrons. The zero-order valence-electron chi connectivity index (χ0n) is 10.2. The van der Waals surface area contributed by atoms with Crippen LogP contribution in [0.4, 0.5) is 4.39 Å². The summed E-state index contributed by atoms with van der Waals surface area (Å²) in [5, 5.41) is 0.597. The molecule has 1 nitrogen and oxygen atoms in total. The summed E-state index contributed by atoms with van der Waals surface area (Å²) < 4.78 is 13.7. The number of rotatable bonds is 3. The second-order valence-corrected chi connectivity index (χ2v) is 5.90. The van der Waals surface area contributed by atoms with Gasteiger partial charge in [0.05, 0.1) is 0 Å². The van der Waals surface area contributed by atoms with Crippen LogP contribution < -0.4 is 5.73 Å². The fourth-order valence-electron chi connectivity index (χ4n) is 3.00. The van der Waals surface area contributed by atoms with E-state index >= 15 is 0 Å². The molecule has 2 rings (SSSR count). The summed E-state index contributed by atoms with van der Waals surface area (Å²) in [5.41, 5.74) is 6.69. The normalized spacial score (nSPS) is 28.6. The molecule has 0 saturated heterocycles. The highest BCUT2D eigenvalue weighted by molar-refractivity contribution is 6.30. The lowest BCUT2D eigenvalue weighted by Crippen LogP contribution is -2.30. The first kappa shape index (κ1) is 12.8. The van der Waals surface area contributed by atoms with Crippen molar-refractivity contribution in [3.05, 3.63) is 34.6 Å². The molecule has 1 fully saturated rings. The van der Waals surface area contributed by atoms with E-state index in [4.69, 9.17) is 17.3 Å². The molecule has 3 heteroatoms. The lowest BCUT2D eigenvalue weighted by Gasteiger charge is -2.28. The van der Waals surface area contributed by atoms with Crippen molar-refractivity contribution in [3.63, 3.8) is 0 Å². The average Bonchev–Trinajstić information content (AvgIpc) is 2.66. The van der Waals surface area contributed by atoms with E-state index in [9.17, 15) is 4.39 Å².